The lowest BCUT2D eigenvalue weighted by Gasteiger charge is -2.18. The normalized spacial score (nSPS) is 12.1. The van der Waals surface area contributed by atoms with Crippen molar-refractivity contribution in [3.05, 3.63) is 52.8 Å². The second-order valence-electron chi connectivity index (χ2n) is 7.26. The van der Waals surface area contributed by atoms with Crippen LogP contribution in [0, 0.1) is 13.8 Å². The summed E-state index contributed by atoms with van der Waals surface area (Å²) >= 11 is 0. The monoisotopic (exact) mass is 526 g/mol. The van der Waals surface area contributed by atoms with Gasteiger partial charge in [0.25, 0.3) is 5.91 Å². The number of carbonyl (C=O) groups is 1. The smallest absolute Gasteiger partial charge is 0.251 e. The van der Waals surface area contributed by atoms with Gasteiger partial charge in [0, 0.05) is 44.0 Å². The number of rotatable bonds is 9. The third-order valence-electron chi connectivity index (χ3n) is 4.82. The van der Waals surface area contributed by atoms with E-state index in [0.29, 0.717) is 18.7 Å². The number of carbonyl (C=O) groups excluding carboxylic acids is 1. The zero-order valence-electron chi connectivity index (χ0n) is 18.7. The van der Waals surface area contributed by atoms with Crippen molar-refractivity contribution in [2.75, 3.05) is 19.6 Å². The molecule has 0 aliphatic carbocycles. The summed E-state index contributed by atoms with van der Waals surface area (Å²) in [5, 5.41) is 14.2. The minimum absolute atomic E-state index is 0. The average molecular weight is 526 g/mol. The van der Waals surface area contributed by atoms with Gasteiger partial charge in [-0.05, 0) is 58.2 Å². The van der Waals surface area contributed by atoms with Crippen molar-refractivity contribution in [3.8, 4) is 0 Å². The standard InChI is InChI=1S/C22H34N6O.HI/c1-6-23-22(26-16(2)15-20-17(3)27-28(5)18(20)4)25-14-10-13-24-21(29)19-11-8-7-9-12-19;/h7-9,11-12,16H,6,10,13-15H2,1-5H3,(H,24,29)(H2,23,25,26);1H. The largest absolute Gasteiger partial charge is 0.357 e. The molecule has 2 rings (SSSR count). The first kappa shape index (κ1) is 25.9. The molecule has 0 radical (unpaired) electrons. The summed E-state index contributed by atoms with van der Waals surface area (Å²) in [5.74, 6) is 0.754. The van der Waals surface area contributed by atoms with Crippen LogP contribution in [0.1, 0.15) is 47.6 Å². The molecule has 1 heterocycles. The maximum absolute atomic E-state index is 12.0. The van der Waals surface area contributed by atoms with E-state index in [1.165, 1.54) is 11.3 Å². The van der Waals surface area contributed by atoms with Crippen molar-refractivity contribution in [1.29, 1.82) is 0 Å². The molecule has 0 aliphatic rings. The van der Waals surface area contributed by atoms with Crippen LogP contribution in [0.15, 0.2) is 35.3 Å². The number of aryl methyl sites for hydroxylation is 2. The number of nitrogens with zero attached hydrogens (tertiary/aromatic N) is 3. The fourth-order valence-corrected chi connectivity index (χ4v) is 3.19. The molecule has 7 nitrogen and oxygen atoms in total. The van der Waals surface area contributed by atoms with Crippen LogP contribution < -0.4 is 16.0 Å². The molecule has 1 unspecified atom stereocenters. The number of nitrogens with one attached hydrogen (secondary N) is 3. The van der Waals surface area contributed by atoms with Crippen LogP contribution in [-0.2, 0) is 13.5 Å². The molecule has 3 N–H and O–H groups in total. The lowest BCUT2D eigenvalue weighted by Crippen LogP contribution is -2.43. The van der Waals surface area contributed by atoms with E-state index in [9.17, 15) is 4.79 Å². The SMILES string of the molecule is CCNC(=NCCCNC(=O)c1ccccc1)NC(C)Cc1c(C)nn(C)c1C.I. The molecule has 1 aromatic carbocycles. The molecule has 0 aliphatic heterocycles. The third-order valence-corrected chi connectivity index (χ3v) is 4.82. The number of hydrogen-bond donors (Lipinski definition) is 3. The number of halogens is 1. The Hall–Kier alpha value is -2.10. The minimum Gasteiger partial charge on any atom is -0.357 e. The Bertz CT molecular complexity index is 819. The van der Waals surface area contributed by atoms with Crippen molar-refractivity contribution >= 4 is 35.8 Å². The minimum atomic E-state index is -0.0459. The van der Waals surface area contributed by atoms with Gasteiger partial charge in [-0.1, -0.05) is 18.2 Å². The predicted octanol–water partition coefficient (Wildman–Crippen LogP) is 2.96. The quantitative estimate of drug-likeness (QED) is 0.203. The zero-order chi connectivity index (χ0) is 21.2. The topological polar surface area (TPSA) is 83.3 Å². The number of aliphatic imine (C=N–C) groups is 1. The van der Waals surface area contributed by atoms with E-state index in [1.54, 1.807) is 0 Å². The summed E-state index contributed by atoms with van der Waals surface area (Å²) in [7, 11) is 1.98. The van der Waals surface area contributed by atoms with E-state index in [4.69, 9.17) is 0 Å². The maximum Gasteiger partial charge on any atom is 0.251 e. The summed E-state index contributed by atoms with van der Waals surface area (Å²) < 4.78 is 1.93. The third kappa shape index (κ3) is 7.97. The molecule has 0 spiro atoms. The molecular weight excluding hydrogens is 491 g/mol. The number of guanidine groups is 1. The molecule has 1 atom stereocenters. The number of aromatic nitrogens is 2. The average Bonchev–Trinajstić information content (AvgIpc) is 2.94. The van der Waals surface area contributed by atoms with Gasteiger partial charge >= 0.3 is 0 Å². The van der Waals surface area contributed by atoms with Gasteiger partial charge in [0.15, 0.2) is 5.96 Å². The first-order valence-electron chi connectivity index (χ1n) is 10.3. The van der Waals surface area contributed by atoms with Gasteiger partial charge in [-0.2, -0.15) is 5.10 Å². The van der Waals surface area contributed by atoms with Crippen LogP contribution in [0.2, 0.25) is 0 Å². The fraction of sp³-hybridized carbons (Fsp3) is 0.500. The van der Waals surface area contributed by atoms with Gasteiger partial charge in [0.2, 0.25) is 0 Å². The van der Waals surface area contributed by atoms with Gasteiger partial charge in [0.1, 0.15) is 0 Å². The molecule has 0 fully saturated rings. The van der Waals surface area contributed by atoms with Crippen molar-refractivity contribution in [2.24, 2.45) is 12.0 Å². The van der Waals surface area contributed by atoms with Crippen molar-refractivity contribution in [1.82, 2.24) is 25.7 Å². The van der Waals surface area contributed by atoms with Gasteiger partial charge in [-0.25, -0.2) is 0 Å². The molecule has 166 valence electrons. The molecule has 1 aromatic heterocycles. The lowest BCUT2D eigenvalue weighted by atomic mass is 10.1. The van der Waals surface area contributed by atoms with Crippen LogP contribution >= 0.6 is 24.0 Å². The zero-order valence-corrected chi connectivity index (χ0v) is 21.0. The van der Waals surface area contributed by atoms with Crippen molar-refractivity contribution in [3.63, 3.8) is 0 Å². The van der Waals surface area contributed by atoms with E-state index in [-0.39, 0.29) is 35.9 Å². The van der Waals surface area contributed by atoms with Crippen LogP contribution in [0.5, 0.6) is 0 Å². The Morgan fingerprint density at radius 1 is 1.20 bits per heavy atom. The van der Waals surface area contributed by atoms with E-state index in [1.807, 2.05) is 42.1 Å². The Balaban J connectivity index is 0.00000450. The highest BCUT2D eigenvalue weighted by molar-refractivity contribution is 14.0. The summed E-state index contributed by atoms with van der Waals surface area (Å²) in [6.45, 7) is 10.4. The second-order valence-corrected chi connectivity index (χ2v) is 7.26. The lowest BCUT2D eigenvalue weighted by molar-refractivity contribution is 0.0953. The Labute approximate surface area is 197 Å². The van der Waals surface area contributed by atoms with Gasteiger partial charge in [-0.3, -0.25) is 14.5 Å². The first-order valence-corrected chi connectivity index (χ1v) is 10.3. The Kier molecular flexibility index (Phi) is 11.5. The number of benzene rings is 1. The summed E-state index contributed by atoms with van der Waals surface area (Å²) in [6, 6.07) is 9.49. The Morgan fingerprint density at radius 3 is 2.50 bits per heavy atom. The highest BCUT2D eigenvalue weighted by Gasteiger charge is 2.14. The van der Waals surface area contributed by atoms with E-state index >= 15 is 0 Å². The van der Waals surface area contributed by atoms with Crippen LogP contribution in [0.25, 0.3) is 0 Å². The van der Waals surface area contributed by atoms with Crippen LogP contribution in [-0.4, -0.2) is 47.3 Å². The number of hydrogen-bond acceptors (Lipinski definition) is 3. The molecule has 1 amide bonds. The molecule has 0 saturated carbocycles. The molecule has 2 aromatic rings. The van der Waals surface area contributed by atoms with Gasteiger partial charge in [0.05, 0.1) is 5.69 Å². The summed E-state index contributed by atoms with van der Waals surface area (Å²) in [4.78, 5) is 16.7. The maximum atomic E-state index is 12.0. The first-order chi connectivity index (χ1) is 13.9. The molecule has 0 bridgehead atoms. The van der Waals surface area contributed by atoms with Gasteiger partial charge in [-0.15, -0.1) is 24.0 Å². The van der Waals surface area contributed by atoms with Crippen molar-refractivity contribution < 1.29 is 4.79 Å². The van der Waals surface area contributed by atoms with Gasteiger partial charge < -0.3 is 16.0 Å². The van der Waals surface area contributed by atoms with Crippen molar-refractivity contribution in [2.45, 2.75) is 46.6 Å². The second kappa shape index (κ2) is 13.3. The van der Waals surface area contributed by atoms with E-state index in [0.717, 1.165) is 31.0 Å². The molecule has 8 heteroatoms. The van der Waals surface area contributed by atoms with E-state index in [2.05, 4.69) is 53.7 Å². The van der Waals surface area contributed by atoms with Crippen LogP contribution in [0.4, 0.5) is 0 Å². The fourth-order valence-electron chi connectivity index (χ4n) is 3.19. The van der Waals surface area contributed by atoms with E-state index < -0.39 is 0 Å². The highest BCUT2D eigenvalue weighted by atomic mass is 127. The molecule has 0 saturated heterocycles. The molecule has 30 heavy (non-hydrogen) atoms. The molecular formula is C22H35IN6O. The van der Waals surface area contributed by atoms with Crippen LogP contribution in [0.3, 0.4) is 0 Å². The number of amides is 1. The summed E-state index contributed by atoms with van der Waals surface area (Å²) in [6.07, 6.45) is 1.67. The summed E-state index contributed by atoms with van der Waals surface area (Å²) in [5.41, 5.74) is 4.25. The predicted molar refractivity (Wildman–Crippen MR) is 134 cm³/mol. The highest BCUT2D eigenvalue weighted by Crippen LogP contribution is 2.14. The Morgan fingerprint density at radius 2 is 1.90 bits per heavy atom.